The molecule has 3 rings (SSSR count). The fraction of sp³-hybridized carbons (Fsp3) is 0.500. The summed E-state index contributed by atoms with van der Waals surface area (Å²) >= 11 is 0. The summed E-state index contributed by atoms with van der Waals surface area (Å²) in [6.45, 7) is 6.02. The Morgan fingerprint density at radius 3 is 1.37 bits per heavy atom. The molecule has 0 aliphatic carbocycles. The first-order valence-corrected chi connectivity index (χ1v) is 12.0. The molecule has 0 fully saturated rings. The fourth-order valence-electron chi connectivity index (χ4n) is 3.95. The molecular weight excluding hydrogens is 368 g/mol. The molecule has 2 heteroatoms. The minimum atomic E-state index is 0.760. The van der Waals surface area contributed by atoms with Gasteiger partial charge in [0.2, 0.25) is 0 Å². The lowest BCUT2D eigenvalue weighted by Crippen LogP contribution is -2.03. The van der Waals surface area contributed by atoms with Gasteiger partial charge < -0.3 is 9.47 Å². The quantitative estimate of drug-likeness (QED) is 0.197. The molecule has 0 aliphatic heterocycles. The molecule has 3 aromatic rings. The van der Waals surface area contributed by atoms with Gasteiger partial charge in [-0.2, -0.15) is 0 Å². The summed E-state index contributed by atoms with van der Waals surface area (Å²) in [5.41, 5.74) is 0. The second kappa shape index (κ2) is 12.5. The number of unbranched alkanes of at least 4 members (excludes halogenated alkanes) is 8. The third kappa shape index (κ3) is 6.65. The van der Waals surface area contributed by atoms with Gasteiger partial charge in [-0.3, -0.25) is 0 Å². The van der Waals surface area contributed by atoms with E-state index < -0.39 is 0 Å². The van der Waals surface area contributed by atoms with Crippen LogP contribution in [0.15, 0.2) is 48.5 Å². The van der Waals surface area contributed by atoms with Gasteiger partial charge in [0, 0.05) is 0 Å². The summed E-state index contributed by atoms with van der Waals surface area (Å²) in [4.78, 5) is 0. The molecule has 2 nitrogen and oxygen atoms in total. The van der Waals surface area contributed by atoms with Crippen LogP contribution in [-0.2, 0) is 0 Å². The van der Waals surface area contributed by atoms with Crippen LogP contribution in [0.2, 0.25) is 0 Å². The normalized spacial score (nSPS) is 11.3. The highest BCUT2D eigenvalue weighted by atomic mass is 16.5. The number of benzene rings is 3. The van der Waals surface area contributed by atoms with E-state index in [1.807, 2.05) is 0 Å². The van der Waals surface area contributed by atoms with Gasteiger partial charge in [0.15, 0.2) is 11.5 Å². The number of hydrogen-bond donors (Lipinski definition) is 0. The van der Waals surface area contributed by atoms with E-state index in [9.17, 15) is 0 Å². The molecule has 0 spiro atoms. The molecule has 0 unspecified atom stereocenters. The maximum absolute atomic E-state index is 6.21. The Labute approximate surface area is 182 Å². The van der Waals surface area contributed by atoms with Crippen LogP contribution in [0.3, 0.4) is 0 Å². The van der Waals surface area contributed by atoms with Crippen LogP contribution in [-0.4, -0.2) is 13.2 Å². The van der Waals surface area contributed by atoms with Crippen LogP contribution in [0.5, 0.6) is 11.5 Å². The molecule has 0 heterocycles. The lowest BCUT2D eigenvalue weighted by Gasteiger charge is -2.15. The van der Waals surface area contributed by atoms with Crippen molar-refractivity contribution >= 4 is 21.5 Å². The summed E-state index contributed by atoms with van der Waals surface area (Å²) < 4.78 is 12.4. The Bertz CT molecular complexity index is 826. The molecule has 162 valence electrons. The van der Waals surface area contributed by atoms with E-state index in [1.165, 1.54) is 72.9 Å². The summed E-state index contributed by atoms with van der Waals surface area (Å²) in [6, 6.07) is 17.4. The minimum Gasteiger partial charge on any atom is -0.490 e. The number of fused-ring (bicyclic) bond motifs is 2. The van der Waals surface area contributed by atoms with Crippen molar-refractivity contribution in [2.75, 3.05) is 13.2 Å². The predicted octanol–water partition coefficient (Wildman–Crippen LogP) is 8.69. The lowest BCUT2D eigenvalue weighted by molar-refractivity contribution is 0.259. The van der Waals surface area contributed by atoms with E-state index in [1.54, 1.807) is 0 Å². The Morgan fingerprint density at radius 2 is 0.933 bits per heavy atom. The van der Waals surface area contributed by atoms with Gasteiger partial charge in [-0.25, -0.2) is 0 Å². The lowest BCUT2D eigenvalue weighted by atomic mass is 10.0. The van der Waals surface area contributed by atoms with Crippen molar-refractivity contribution in [2.24, 2.45) is 0 Å². The van der Waals surface area contributed by atoms with Crippen LogP contribution < -0.4 is 9.47 Å². The van der Waals surface area contributed by atoms with Gasteiger partial charge in [-0.1, -0.05) is 89.5 Å². The van der Waals surface area contributed by atoms with Crippen molar-refractivity contribution in [1.82, 2.24) is 0 Å². The first-order valence-electron chi connectivity index (χ1n) is 12.0. The van der Waals surface area contributed by atoms with E-state index in [2.05, 4.69) is 62.4 Å². The Morgan fingerprint density at radius 1 is 0.500 bits per heavy atom. The fourth-order valence-corrected chi connectivity index (χ4v) is 3.95. The Balaban J connectivity index is 1.72. The van der Waals surface area contributed by atoms with Crippen LogP contribution >= 0.6 is 0 Å². The zero-order valence-electron chi connectivity index (χ0n) is 18.9. The first-order chi connectivity index (χ1) is 14.8. The molecule has 0 amide bonds. The van der Waals surface area contributed by atoms with Crippen LogP contribution in [0.4, 0.5) is 0 Å². The summed E-state index contributed by atoms with van der Waals surface area (Å²) in [5, 5.41) is 4.95. The molecule has 30 heavy (non-hydrogen) atoms. The van der Waals surface area contributed by atoms with E-state index in [4.69, 9.17) is 9.47 Å². The van der Waals surface area contributed by atoms with Gasteiger partial charge >= 0.3 is 0 Å². The molecule has 3 aromatic carbocycles. The van der Waals surface area contributed by atoms with Crippen molar-refractivity contribution in [1.29, 1.82) is 0 Å². The molecule has 0 saturated carbocycles. The monoisotopic (exact) mass is 406 g/mol. The largest absolute Gasteiger partial charge is 0.490 e. The molecular formula is C28H38O2. The van der Waals surface area contributed by atoms with Crippen LogP contribution in [0.1, 0.15) is 78.1 Å². The third-order valence-electron chi connectivity index (χ3n) is 5.78. The highest BCUT2D eigenvalue weighted by Gasteiger charge is 2.09. The average molecular weight is 407 g/mol. The van der Waals surface area contributed by atoms with E-state index in [0.717, 1.165) is 37.6 Å². The molecule has 0 aromatic heterocycles. The summed E-state index contributed by atoms with van der Waals surface area (Å²) in [7, 11) is 0. The highest BCUT2D eigenvalue weighted by molar-refractivity contribution is 5.99. The van der Waals surface area contributed by atoms with Crippen molar-refractivity contribution in [3.05, 3.63) is 48.5 Å². The molecule has 0 atom stereocenters. The molecule has 0 N–H and O–H groups in total. The van der Waals surface area contributed by atoms with Crippen molar-refractivity contribution in [3.63, 3.8) is 0 Å². The maximum Gasteiger partial charge on any atom is 0.161 e. The van der Waals surface area contributed by atoms with Gasteiger partial charge in [-0.05, 0) is 58.7 Å². The maximum atomic E-state index is 6.21. The second-order valence-corrected chi connectivity index (χ2v) is 8.37. The van der Waals surface area contributed by atoms with E-state index in [-0.39, 0.29) is 0 Å². The third-order valence-corrected chi connectivity index (χ3v) is 5.78. The SMILES string of the molecule is CCCCCCCOc1cc2cc3ccccc3cc2cc1OCCCCCCC. The van der Waals surface area contributed by atoms with Crippen LogP contribution in [0.25, 0.3) is 21.5 Å². The number of ether oxygens (including phenoxy) is 2. The second-order valence-electron chi connectivity index (χ2n) is 8.37. The van der Waals surface area contributed by atoms with Gasteiger partial charge in [-0.15, -0.1) is 0 Å². The van der Waals surface area contributed by atoms with Gasteiger partial charge in [0.25, 0.3) is 0 Å². The van der Waals surface area contributed by atoms with E-state index in [0.29, 0.717) is 0 Å². The Hall–Kier alpha value is -2.22. The van der Waals surface area contributed by atoms with Gasteiger partial charge in [0.1, 0.15) is 0 Å². The topological polar surface area (TPSA) is 18.5 Å². The van der Waals surface area contributed by atoms with Crippen molar-refractivity contribution < 1.29 is 9.47 Å². The number of hydrogen-bond acceptors (Lipinski definition) is 2. The standard InChI is InChI=1S/C28H38O2/c1-3-5-7-9-13-17-29-27-21-25-19-23-15-11-12-16-24(23)20-26(25)22-28(27)30-18-14-10-8-6-4-2/h11-12,15-16,19-22H,3-10,13-14,17-18H2,1-2H3. The van der Waals surface area contributed by atoms with E-state index >= 15 is 0 Å². The molecule has 0 saturated heterocycles. The zero-order chi connectivity index (χ0) is 21.0. The smallest absolute Gasteiger partial charge is 0.161 e. The summed E-state index contributed by atoms with van der Waals surface area (Å²) in [5.74, 6) is 1.78. The Kier molecular flexibility index (Phi) is 9.34. The minimum absolute atomic E-state index is 0.760. The molecule has 0 aliphatic rings. The summed E-state index contributed by atoms with van der Waals surface area (Å²) in [6.07, 6.45) is 12.4. The van der Waals surface area contributed by atoms with Crippen molar-refractivity contribution in [2.45, 2.75) is 78.1 Å². The first kappa shape index (κ1) is 22.5. The predicted molar refractivity (Wildman–Crippen MR) is 130 cm³/mol. The molecule has 0 radical (unpaired) electrons. The highest BCUT2D eigenvalue weighted by Crippen LogP contribution is 2.35. The molecule has 0 bridgehead atoms. The van der Waals surface area contributed by atoms with Crippen LogP contribution in [0, 0.1) is 0 Å². The average Bonchev–Trinajstić information content (AvgIpc) is 2.77. The number of rotatable bonds is 14. The van der Waals surface area contributed by atoms with Crippen molar-refractivity contribution in [3.8, 4) is 11.5 Å². The zero-order valence-corrected chi connectivity index (χ0v) is 18.9. The van der Waals surface area contributed by atoms with Gasteiger partial charge in [0.05, 0.1) is 13.2 Å².